The summed E-state index contributed by atoms with van der Waals surface area (Å²) in [5.41, 5.74) is 0.982. The second kappa shape index (κ2) is 3.80. The predicted molar refractivity (Wildman–Crippen MR) is 49.5 cm³/mol. The van der Waals surface area contributed by atoms with E-state index < -0.39 is 7.32 Å². The van der Waals surface area contributed by atoms with Crippen LogP contribution in [0, 0.1) is 0 Å². The van der Waals surface area contributed by atoms with Crippen molar-refractivity contribution in [3.8, 4) is 5.06 Å². The van der Waals surface area contributed by atoms with Crippen LogP contribution in [0.4, 0.5) is 5.69 Å². The van der Waals surface area contributed by atoms with Gasteiger partial charge in [-0.15, -0.1) is 11.3 Å². The third-order valence-electron chi connectivity index (χ3n) is 1.30. The largest absolute Gasteiger partial charge is 0.708 e. The lowest BCUT2D eigenvalue weighted by Gasteiger charge is -2.07. The van der Waals surface area contributed by atoms with Crippen molar-refractivity contribution in [1.29, 1.82) is 0 Å². The van der Waals surface area contributed by atoms with Crippen molar-refractivity contribution in [2.45, 2.75) is 0 Å². The fraction of sp³-hybridized carbons (Fsp3) is 0.333. The fourth-order valence-corrected chi connectivity index (χ4v) is 1.55. The van der Waals surface area contributed by atoms with E-state index >= 15 is 0 Å². The lowest BCUT2D eigenvalue weighted by Crippen LogP contribution is -2.19. The minimum Gasteiger partial charge on any atom is -0.504 e. The molecule has 66 valence electrons. The van der Waals surface area contributed by atoms with E-state index in [1.807, 2.05) is 24.4 Å². The molecule has 0 atom stereocenters. The van der Waals surface area contributed by atoms with E-state index in [-0.39, 0.29) is 0 Å². The molecule has 0 radical (unpaired) electrons. The Morgan fingerprint density at radius 1 is 1.50 bits per heavy atom. The van der Waals surface area contributed by atoms with Crippen LogP contribution >= 0.6 is 11.3 Å². The smallest absolute Gasteiger partial charge is 0.504 e. The van der Waals surface area contributed by atoms with Crippen molar-refractivity contribution in [2.24, 2.45) is 0 Å². The van der Waals surface area contributed by atoms with Crippen molar-refractivity contribution in [1.82, 2.24) is 0 Å². The zero-order chi connectivity index (χ0) is 9.14. The molecule has 0 unspecified atom stereocenters. The Bertz CT molecular complexity index is 251. The first-order valence-corrected chi connectivity index (χ1v) is 4.26. The molecule has 0 spiro atoms. The van der Waals surface area contributed by atoms with Crippen LogP contribution in [-0.2, 0) is 0 Å². The Kier molecular flexibility index (Phi) is 2.96. The standard InChI is InChI=1S/C6H10BNO3S/c1-8(2)5-3-6(12-4-5)11-7(9)10/h3-4,9-10H,1-2H3. The molecule has 6 heteroatoms. The van der Waals surface area contributed by atoms with Crippen LogP contribution in [0.15, 0.2) is 11.4 Å². The maximum absolute atomic E-state index is 8.48. The summed E-state index contributed by atoms with van der Waals surface area (Å²) in [4.78, 5) is 1.91. The maximum Gasteiger partial charge on any atom is 0.708 e. The lowest BCUT2D eigenvalue weighted by atomic mass is 10.3. The van der Waals surface area contributed by atoms with Gasteiger partial charge < -0.3 is 19.6 Å². The number of rotatable bonds is 3. The van der Waals surface area contributed by atoms with Crippen LogP contribution in [0.3, 0.4) is 0 Å². The highest BCUT2D eigenvalue weighted by molar-refractivity contribution is 7.12. The molecule has 2 N–H and O–H groups in total. The predicted octanol–water partition coefficient (Wildman–Crippen LogP) is 0.162. The van der Waals surface area contributed by atoms with Gasteiger partial charge in [-0.3, -0.25) is 0 Å². The van der Waals surface area contributed by atoms with Crippen molar-refractivity contribution < 1.29 is 14.7 Å². The van der Waals surface area contributed by atoms with E-state index in [0.29, 0.717) is 5.06 Å². The minimum absolute atomic E-state index is 0.494. The van der Waals surface area contributed by atoms with E-state index in [1.165, 1.54) is 11.3 Å². The summed E-state index contributed by atoms with van der Waals surface area (Å²) in [6, 6.07) is 1.74. The quantitative estimate of drug-likeness (QED) is 0.662. The fourth-order valence-electron chi connectivity index (χ4n) is 0.707. The van der Waals surface area contributed by atoms with Crippen molar-refractivity contribution in [2.75, 3.05) is 19.0 Å². The van der Waals surface area contributed by atoms with Crippen LogP contribution in [0.1, 0.15) is 0 Å². The third-order valence-corrected chi connectivity index (χ3v) is 2.11. The zero-order valence-electron chi connectivity index (χ0n) is 6.89. The maximum atomic E-state index is 8.48. The molecule has 4 nitrogen and oxygen atoms in total. The Labute approximate surface area is 75.2 Å². The molecule has 0 aromatic carbocycles. The number of hydrogen-bond donors (Lipinski definition) is 2. The van der Waals surface area contributed by atoms with Crippen LogP contribution in [0.25, 0.3) is 0 Å². The van der Waals surface area contributed by atoms with Gasteiger partial charge in [0.25, 0.3) is 0 Å². The van der Waals surface area contributed by atoms with E-state index in [0.717, 1.165) is 5.69 Å². The van der Waals surface area contributed by atoms with Gasteiger partial charge in [-0.05, 0) is 0 Å². The van der Waals surface area contributed by atoms with Gasteiger partial charge in [0.15, 0.2) is 5.06 Å². The topological polar surface area (TPSA) is 52.9 Å². The molecule has 1 aromatic rings. The molecule has 0 saturated carbocycles. The summed E-state index contributed by atoms with van der Waals surface area (Å²) in [6.07, 6.45) is 0. The van der Waals surface area contributed by atoms with Crippen LogP contribution in [0.5, 0.6) is 5.06 Å². The Morgan fingerprint density at radius 3 is 2.58 bits per heavy atom. The molecular formula is C6H10BNO3S. The summed E-state index contributed by atoms with van der Waals surface area (Å²) in [5.74, 6) is 0. The van der Waals surface area contributed by atoms with Crippen molar-refractivity contribution in [3.05, 3.63) is 11.4 Å². The molecule has 1 heterocycles. The van der Waals surface area contributed by atoms with Gasteiger partial charge in [-0.2, -0.15) is 0 Å². The molecule has 0 amide bonds. The van der Waals surface area contributed by atoms with Gasteiger partial charge in [0.1, 0.15) is 0 Å². The summed E-state index contributed by atoms with van der Waals surface area (Å²) in [7, 11) is 2.07. The molecule has 0 aliphatic heterocycles. The molecular weight excluding hydrogens is 177 g/mol. The van der Waals surface area contributed by atoms with E-state index in [4.69, 9.17) is 10.0 Å². The highest BCUT2D eigenvalue weighted by atomic mass is 32.1. The first-order chi connectivity index (χ1) is 5.59. The monoisotopic (exact) mass is 187 g/mol. The second-order valence-electron chi connectivity index (χ2n) is 2.46. The molecule has 0 aliphatic carbocycles. The normalized spacial score (nSPS) is 9.67. The zero-order valence-corrected chi connectivity index (χ0v) is 7.71. The number of thiophene rings is 1. The van der Waals surface area contributed by atoms with Crippen molar-refractivity contribution in [3.63, 3.8) is 0 Å². The Balaban J connectivity index is 2.64. The first-order valence-electron chi connectivity index (χ1n) is 3.38. The van der Waals surface area contributed by atoms with E-state index in [1.54, 1.807) is 6.07 Å². The van der Waals surface area contributed by atoms with E-state index in [9.17, 15) is 0 Å². The van der Waals surface area contributed by atoms with Gasteiger partial charge in [-0.1, -0.05) is 0 Å². The molecule has 12 heavy (non-hydrogen) atoms. The Hall–Kier alpha value is -0.715. The first kappa shape index (κ1) is 9.37. The van der Waals surface area contributed by atoms with Gasteiger partial charge in [0.2, 0.25) is 0 Å². The summed E-state index contributed by atoms with van der Waals surface area (Å²) in [5, 5.41) is 19.3. The van der Waals surface area contributed by atoms with Crippen LogP contribution < -0.4 is 9.55 Å². The molecule has 0 aliphatic rings. The molecule has 1 aromatic heterocycles. The highest BCUT2D eigenvalue weighted by Gasteiger charge is 2.12. The molecule has 0 bridgehead atoms. The lowest BCUT2D eigenvalue weighted by molar-refractivity contribution is 0.292. The van der Waals surface area contributed by atoms with Crippen molar-refractivity contribution >= 4 is 24.3 Å². The highest BCUT2D eigenvalue weighted by Crippen LogP contribution is 2.28. The van der Waals surface area contributed by atoms with Gasteiger partial charge >= 0.3 is 7.32 Å². The molecule has 0 saturated heterocycles. The number of anilines is 1. The van der Waals surface area contributed by atoms with Crippen LogP contribution in [0.2, 0.25) is 0 Å². The van der Waals surface area contributed by atoms with Gasteiger partial charge in [0.05, 0.1) is 5.69 Å². The van der Waals surface area contributed by atoms with Gasteiger partial charge in [-0.25, -0.2) is 0 Å². The number of hydrogen-bond acceptors (Lipinski definition) is 5. The average Bonchev–Trinajstić information content (AvgIpc) is 2.34. The summed E-state index contributed by atoms with van der Waals surface area (Å²) >= 11 is 1.32. The summed E-state index contributed by atoms with van der Waals surface area (Å²) < 4.78 is 4.65. The van der Waals surface area contributed by atoms with Crippen LogP contribution in [-0.4, -0.2) is 31.5 Å². The van der Waals surface area contributed by atoms with Gasteiger partial charge in [0, 0.05) is 25.5 Å². The third kappa shape index (κ3) is 2.40. The minimum atomic E-state index is -1.74. The second-order valence-corrected chi connectivity index (χ2v) is 3.34. The average molecular weight is 187 g/mol. The Morgan fingerprint density at radius 2 is 2.17 bits per heavy atom. The molecule has 0 fully saturated rings. The SMILES string of the molecule is CN(C)c1csc(OB(O)O)c1. The number of nitrogens with zero attached hydrogens (tertiary/aromatic N) is 1. The summed E-state index contributed by atoms with van der Waals surface area (Å²) in [6.45, 7) is 0. The molecule has 1 rings (SSSR count). The van der Waals surface area contributed by atoms with E-state index in [2.05, 4.69) is 4.65 Å².